The summed E-state index contributed by atoms with van der Waals surface area (Å²) in [5.41, 5.74) is 0.349. The molecule has 1 saturated heterocycles. The first-order chi connectivity index (χ1) is 7.70. The van der Waals surface area contributed by atoms with Gasteiger partial charge in [-0.15, -0.1) is 11.8 Å². The van der Waals surface area contributed by atoms with E-state index in [1.807, 2.05) is 0 Å². The van der Waals surface area contributed by atoms with Gasteiger partial charge in [0.05, 0.1) is 17.0 Å². The molecule has 1 fully saturated rings. The SMILES string of the molecule is O=C(O)c1ccccc1C(=O)N1CCSC1.[Na+]. The molecular weight excluding hydrogens is 249 g/mol. The number of rotatable bonds is 2. The van der Waals surface area contributed by atoms with Crippen molar-refractivity contribution in [3.05, 3.63) is 35.4 Å². The summed E-state index contributed by atoms with van der Waals surface area (Å²) in [6, 6.07) is 6.33. The van der Waals surface area contributed by atoms with E-state index in [-0.39, 0.29) is 46.6 Å². The van der Waals surface area contributed by atoms with Gasteiger partial charge in [-0.2, -0.15) is 0 Å². The average molecular weight is 260 g/mol. The van der Waals surface area contributed by atoms with Crippen molar-refractivity contribution in [3.63, 3.8) is 0 Å². The van der Waals surface area contributed by atoms with Crippen molar-refractivity contribution in [3.8, 4) is 0 Å². The zero-order valence-corrected chi connectivity index (χ0v) is 12.4. The van der Waals surface area contributed by atoms with E-state index in [2.05, 4.69) is 0 Å². The summed E-state index contributed by atoms with van der Waals surface area (Å²) < 4.78 is 0. The minimum atomic E-state index is -1.06. The van der Waals surface area contributed by atoms with Crippen LogP contribution in [0, 0.1) is 0 Å². The van der Waals surface area contributed by atoms with Crippen LogP contribution in [-0.2, 0) is 0 Å². The van der Waals surface area contributed by atoms with Crippen LogP contribution in [0.2, 0.25) is 0 Å². The molecule has 17 heavy (non-hydrogen) atoms. The van der Waals surface area contributed by atoms with Gasteiger partial charge in [0.2, 0.25) is 0 Å². The molecule has 0 unspecified atom stereocenters. The third-order valence-corrected chi connectivity index (χ3v) is 3.39. The second-order valence-electron chi connectivity index (χ2n) is 3.46. The van der Waals surface area contributed by atoms with Crippen LogP contribution >= 0.6 is 11.8 Å². The van der Waals surface area contributed by atoms with Gasteiger partial charge >= 0.3 is 35.5 Å². The summed E-state index contributed by atoms with van der Waals surface area (Å²) in [5, 5.41) is 8.98. The maximum atomic E-state index is 12.0. The molecule has 1 amide bonds. The first-order valence-corrected chi connectivity index (χ1v) is 6.05. The van der Waals surface area contributed by atoms with Crippen molar-refractivity contribution < 1.29 is 44.3 Å². The molecule has 1 aromatic rings. The van der Waals surface area contributed by atoms with Crippen molar-refractivity contribution in [2.24, 2.45) is 0 Å². The number of hydrogen-bond acceptors (Lipinski definition) is 3. The minimum absolute atomic E-state index is 0. The van der Waals surface area contributed by atoms with Gasteiger partial charge in [-0.25, -0.2) is 4.79 Å². The van der Waals surface area contributed by atoms with Crippen LogP contribution in [0.1, 0.15) is 20.7 Å². The molecular formula is C11H11NNaO3S+. The van der Waals surface area contributed by atoms with Crippen molar-refractivity contribution in [1.29, 1.82) is 0 Å². The van der Waals surface area contributed by atoms with E-state index in [1.54, 1.807) is 34.9 Å². The fourth-order valence-corrected chi connectivity index (χ4v) is 2.55. The average Bonchev–Trinajstić information content (AvgIpc) is 2.81. The van der Waals surface area contributed by atoms with Gasteiger partial charge in [-0.3, -0.25) is 4.79 Å². The van der Waals surface area contributed by atoms with Crippen LogP contribution in [0.5, 0.6) is 0 Å². The molecule has 1 aliphatic heterocycles. The second kappa shape index (κ2) is 6.44. The van der Waals surface area contributed by atoms with E-state index < -0.39 is 5.97 Å². The molecule has 2 rings (SSSR count). The molecule has 0 atom stereocenters. The fourth-order valence-electron chi connectivity index (χ4n) is 1.60. The third kappa shape index (κ3) is 3.25. The zero-order valence-electron chi connectivity index (χ0n) is 9.55. The smallest absolute Gasteiger partial charge is 0.478 e. The van der Waals surface area contributed by atoms with E-state index in [4.69, 9.17) is 5.11 Å². The van der Waals surface area contributed by atoms with Gasteiger partial charge in [-0.1, -0.05) is 12.1 Å². The Bertz CT molecular complexity index is 432. The van der Waals surface area contributed by atoms with Gasteiger partial charge in [0.1, 0.15) is 0 Å². The molecule has 1 aliphatic rings. The zero-order chi connectivity index (χ0) is 11.5. The predicted molar refractivity (Wildman–Crippen MR) is 61.8 cm³/mol. The first kappa shape index (κ1) is 14.6. The van der Waals surface area contributed by atoms with Gasteiger partial charge in [0.15, 0.2) is 0 Å². The Hall–Kier alpha value is -0.490. The number of nitrogens with zero attached hydrogens (tertiary/aromatic N) is 1. The molecule has 6 heteroatoms. The van der Waals surface area contributed by atoms with Crippen molar-refractivity contribution in [2.75, 3.05) is 18.2 Å². The Kier molecular flexibility index (Phi) is 5.52. The van der Waals surface area contributed by atoms with Crippen LogP contribution in [0.15, 0.2) is 24.3 Å². The number of amides is 1. The fraction of sp³-hybridized carbons (Fsp3) is 0.273. The third-order valence-electron chi connectivity index (χ3n) is 2.43. The first-order valence-electron chi connectivity index (χ1n) is 4.89. The number of carboxylic acids is 1. The number of hydrogen-bond donors (Lipinski definition) is 1. The molecule has 0 bridgehead atoms. The molecule has 0 aliphatic carbocycles. The Morgan fingerprint density at radius 2 is 1.88 bits per heavy atom. The topological polar surface area (TPSA) is 57.6 Å². The number of benzene rings is 1. The molecule has 1 N–H and O–H groups in total. The van der Waals surface area contributed by atoms with Gasteiger partial charge < -0.3 is 10.0 Å². The number of carbonyl (C=O) groups is 2. The van der Waals surface area contributed by atoms with Crippen LogP contribution in [0.4, 0.5) is 0 Å². The number of thioether (sulfide) groups is 1. The molecule has 0 aromatic heterocycles. The molecule has 1 aromatic carbocycles. The summed E-state index contributed by atoms with van der Waals surface area (Å²) in [5.74, 6) is 0.312. The Morgan fingerprint density at radius 3 is 2.41 bits per heavy atom. The van der Waals surface area contributed by atoms with Crippen LogP contribution in [0.25, 0.3) is 0 Å². The molecule has 0 radical (unpaired) electrons. The van der Waals surface area contributed by atoms with E-state index in [1.165, 1.54) is 6.07 Å². The number of aromatic carboxylic acids is 1. The quantitative estimate of drug-likeness (QED) is 0.660. The maximum absolute atomic E-state index is 12.0. The number of carboxylic acid groups (broad SMARTS) is 1. The minimum Gasteiger partial charge on any atom is -0.478 e. The van der Waals surface area contributed by atoms with Crippen molar-refractivity contribution in [2.45, 2.75) is 0 Å². The monoisotopic (exact) mass is 260 g/mol. The summed E-state index contributed by atoms with van der Waals surface area (Å²) in [6.07, 6.45) is 0. The van der Waals surface area contributed by atoms with Gasteiger partial charge in [-0.05, 0) is 12.1 Å². The van der Waals surface area contributed by atoms with E-state index >= 15 is 0 Å². The summed E-state index contributed by atoms with van der Waals surface area (Å²) >= 11 is 1.68. The van der Waals surface area contributed by atoms with Gasteiger partial charge in [0.25, 0.3) is 5.91 Å². The summed E-state index contributed by atoms with van der Waals surface area (Å²) in [4.78, 5) is 24.7. The molecule has 4 nitrogen and oxygen atoms in total. The standard InChI is InChI=1S/C11H11NO3S.Na/c13-10(12-5-6-16-7-12)8-3-1-2-4-9(8)11(14)15;/h1-4H,5-7H2,(H,14,15);/q;+1. The van der Waals surface area contributed by atoms with Gasteiger partial charge in [0, 0.05) is 12.3 Å². The molecule has 0 saturated carbocycles. The molecule has 1 heterocycles. The van der Waals surface area contributed by atoms with E-state index in [9.17, 15) is 9.59 Å². The molecule has 0 spiro atoms. The Labute approximate surface area is 126 Å². The van der Waals surface area contributed by atoms with E-state index in [0.717, 1.165) is 5.75 Å². The van der Waals surface area contributed by atoms with E-state index in [0.29, 0.717) is 12.4 Å². The molecule has 84 valence electrons. The van der Waals surface area contributed by atoms with Crippen molar-refractivity contribution in [1.82, 2.24) is 4.90 Å². The largest absolute Gasteiger partial charge is 1.00 e. The van der Waals surface area contributed by atoms with Crippen molar-refractivity contribution >= 4 is 23.6 Å². The summed E-state index contributed by atoms with van der Waals surface area (Å²) in [6.45, 7) is 0.692. The summed E-state index contributed by atoms with van der Waals surface area (Å²) in [7, 11) is 0. The Balaban J connectivity index is 0.00000144. The number of carbonyl (C=O) groups excluding carboxylic acids is 1. The predicted octanol–water partition coefficient (Wildman–Crippen LogP) is -1.46. The van der Waals surface area contributed by atoms with Crippen LogP contribution < -0.4 is 29.6 Å². The second-order valence-corrected chi connectivity index (χ2v) is 4.53. The Morgan fingerprint density at radius 1 is 1.24 bits per heavy atom. The normalized spacial score (nSPS) is 14.2. The van der Waals surface area contributed by atoms with Crippen LogP contribution in [0.3, 0.4) is 0 Å². The van der Waals surface area contributed by atoms with Crippen LogP contribution in [-0.4, -0.2) is 40.1 Å². The maximum Gasteiger partial charge on any atom is 1.00 e.